The summed E-state index contributed by atoms with van der Waals surface area (Å²) in [5.74, 6) is -1.05. The molecule has 0 N–H and O–H groups in total. The predicted octanol–water partition coefficient (Wildman–Crippen LogP) is 2.88. The van der Waals surface area contributed by atoms with Gasteiger partial charge in [0.2, 0.25) is 0 Å². The second-order valence-corrected chi connectivity index (χ2v) is 4.05. The number of carbonyl (C=O) groups is 1. The highest BCUT2D eigenvalue weighted by molar-refractivity contribution is 6.02. The van der Waals surface area contributed by atoms with E-state index in [1.54, 1.807) is 36.5 Å². The zero-order valence-electron chi connectivity index (χ0n) is 10.00. The number of hydrogen-bond donors (Lipinski definition) is 0. The predicted molar refractivity (Wildman–Crippen MR) is 68.1 cm³/mol. The number of hydrogen-bond acceptors (Lipinski definition) is 3. The fourth-order valence-corrected chi connectivity index (χ4v) is 1.69. The molecule has 3 nitrogen and oxygen atoms in total. The van der Waals surface area contributed by atoms with Crippen LogP contribution in [0.15, 0.2) is 48.7 Å². The lowest BCUT2D eigenvalue weighted by Crippen LogP contribution is -2.12. The summed E-state index contributed by atoms with van der Waals surface area (Å²) in [5.41, 5.74) is 2.11. The summed E-state index contributed by atoms with van der Waals surface area (Å²) < 4.78 is 0. The maximum absolute atomic E-state index is 12.2. The van der Waals surface area contributed by atoms with E-state index in [1.807, 2.05) is 25.1 Å². The molecular formula is C15H12N2O. The molecule has 3 heteroatoms. The topological polar surface area (TPSA) is 53.8 Å². The van der Waals surface area contributed by atoms with E-state index in [-0.39, 0.29) is 5.78 Å². The molecule has 0 unspecified atom stereocenters. The molecule has 2 aromatic rings. The van der Waals surface area contributed by atoms with Crippen molar-refractivity contribution in [2.24, 2.45) is 0 Å². The average molecular weight is 236 g/mol. The summed E-state index contributed by atoms with van der Waals surface area (Å²) in [6, 6.07) is 14.4. The summed E-state index contributed by atoms with van der Waals surface area (Å²) in [6.07, 6.45) is 1.59. The molecule has 1 atom stereocenters. The first kappa shape index (κ1) is 12.0. The Hall–Kier alpha value is -2.47. The van der Waals surface area contributed by atoms with Crippen LogP contribution >= 0.6 is 0 Å². The minimum atomic E-state index is -0.839. The smallest absolute Gasteiger partial charge is 0.186 e. The molecule has 0 bridgehead atoms. The lowest BCUT2D eigenvalue weighted by atomic mass is 9.95. The number of nitriles is 1. The van der Waals surface area contributed by atoms with Gasteiger partial charge in [-0.05, 0) is 19.1 Å². The number of pyridine rings is 1. The molecule has 0 saturated heterocycles. The van der Waals surface area contributed by atoms with Crippen LogP contribution in [0.3, 0.4) is 0 Å². The fourth-order valence-electron chi connectivity index (χ4n) is 1.69. The van der Waals surface area contributed by atoms with Gasteiger partial charge in [0.15, 0.2) is 11.7 Å². The number of rotatable bonds is 3. The van der Waals surface area contributed by atoms with Crippen molar-refractivity contribution >= 4 is 5.78 Å². The second-order valence-electron chi connectivity index (χ2n) is 4.05. The number of aryl methyl sites for hydroxylation is 1. The first-order valence-corrected chi connectivity index (χ1v) is 5.64. The van der Waals surface area contributed by atoms with Gasteiger partial charge in [0.05, 0.1) is 11.8 Å². The Morgan fingerprint density at radius 3 is 2.50 bits per heavy atom. The molecule has 18 heavy (non-hydrogen) atoms. The van der Waals surface area contributed by atoms with Crippen molar-refractivity contribution in [3.05, 3.63) is 65.5 Å². The molecular weight excluding hydrogens is 224 g/mol. The van der Waals surface area contributed by atoms with Crippen LogP contribution in [-0.4, -0.2) is 10.8 Å². The minimum Gasteiger partial charge on any atom is -0.292 e. The highest BCUT2D eigenvalue weighted by Gasteiger charge is 2.22. The Balaban J connectivity index is 2.32. The monoisotopic (exact) mass is 236 g/mol. The fraction of sp³-hybridized carbons (Fsp3) is 0.133. The van der Waals surface area contributed by atoms with Crippen LogP contribution < -0.4 is 0 Å². The van der Waals surface area contributed by atoms with Crippen molar-refractivity contribution in [3.63, 3.8) is 0 Å². The standard InChI is InChI=1S/C15H12N2O/c1-11-5-7-12(8-6-11)15(18)13(10-16)14-4-2-3-9-17-14/h2-9,13H,1H3/t13-/m0/s1. The Kier molecular flexibility index (Phi) is 3.49. The van der Waals surface area contributed by atoms with Crippen molar-refractivity contribution < 1.29 is 4.79 Å². The maximum Gasteiger partial charge on any atom is 0.186 e. The van der Waals surface area contributed by atoms with E-state index in [4.69, 9.17) is 5.26 Å². The Bertz CT molecular complexity index is 582. The van der Waals surface area contributed by atoms with E-state index in [1.165, 1.54) is 0 Å². The van der Waals surface area contributed by atoms with Crippen LogP contribution in [0, 0.1) is 18.3 Å². The lowest BCUT2D eigenvalue weighted by Gasteiger charge is -2.07. The van der Waals surface area contributed by atoms with E-state index < -0.39 is 5.92 Å². The number of benzene rings is 1. The average Bonchev–Trinajstić information content (AvgIpc) is 2.41. The molecule has 0 fully saturated rings. The summed E-state index contributed by atoms with van der Waals surface area (Å²) in [5, 5.41) is 9.15. The van der Waals surface area contributed by atoms with Crippen LogP contribution in [0.2, 0.25) is 0 Å². The summed E-state index contributed by atoms with van der Waals surface area (Å²) in [6.45, 7) is 1.95. The number of carbonyl (C=O) groups excluding carboxylic acids is 1. The molecule has 0 amide bonds. The van der Waals surface area contributed by atoms with Crippen LogP contribution in [-0.2, 0) is 0 Å². The quantitative estimate of drug-likeness (QED) is 0.770. The zero-order chi connectivity index (χ0) is 13.0. The molecule has 0 aliphatic heterocycles. The molecule has 1 aromatic heterocycles. The van der Waals surface area contributed by atoms with Gasteiger partial charge in [-0.3, -0.25) is 9.78 Å². The first-order chi connectivity index (χ1) is 8.72. The van der Waals surface area contributed by atoms with Gasteiger partial charge in [0.1, 0.15) is 0 Å². The van der Waals surface area contributed by atoms with Crippen molar-refractivity contribution in [2.45, 2.75) is 12.8 Å². The Morgan fingerprint density at radius 1 is 1.22 bits per heavy atom. The normalized spacial score (nSPS) is 11.6. The molecule has 0 aliphatic rings. The van der Waals surface area contributed by atoms with Crippen LogP contribution in [0.5, 0.6) is 0 Å². The molecule has 0 spiro atoms. The third-order valence-corrected chi connectivity index (χ3v) is 2.71. The van der Waals surface area contributed by atoms with Crippen molar-refractivity contribution in [1.82, 2.24) is 4.98 Å². The maximum atomic E-state index is 12.2. The van der Waals surface area contributed by atoms with Gasteiger partial charge in [-0.25, -0.2) is 0 Å². The third kappa shape index (κ3) is 2.44. The van der Waals surface area contributed by atoms with E-state index in [2.05, 4.69) is 4.98 Å². The zero-order valence-corrected chi connectivity index (χ0v) is 10.00. The van der Waals surface area contributed by atoms with Gasteiger partial charge in [-0.1, -0.05) is 35.9 Å². The van der Waals surface area contributed by atoms with Crippen molar-refractivity contribution in [2.75, 3.05) is 0 Å². The summed E-state index contributed by atoms with van der Waals surface area (Å²) in [7, 11) is 0. The van der Waals surface area contributed by atoms with Crippen LogP contribution in [0.4, 0.5) is 0 Å². The minimum absolute atomic E-state index is 0.212. The van der Waals surface area contributed by atoms with Gasteiger partial charge < -0.3 is 0 Å². The lowest BCUT2D eigenvalue weighted by molar-refractivity contribution is 0.0977. The van der Waals surface area contributed by atoms with Gasteiger partial charge in [-0.2, -0.15) is 5.26 Å². The van der Waals surface area contributed by atoms with Gasteiger partial charge in [0.25, 0.3) is 0 Å². The molecule has 1 aromatic carbocycles. The highest BCUT2D eigenvalue weighted by atomic mass is 16.1. The first-order valence-electron chi connectivity index (χ1n) is 5.64. The Morgan fingerprint density at radius 2 is 1.94 bits per heavy atom. The number of Topliss-reactive ketones (excluding diaryl/α,β-unsaturated/α-hetero) is 1. The SMILES string of the molecule is Cc1ccc(C(=O)[C@@H](C#N)c2ccccn2)cc1. The molecule has 1 heterocycles. The van der Waals surface area contributed by atoms with Crippen LogP contribution in [0.25, 0.3) is 0 Å². The van der Waals surface area contributed by atoms with Crippen molar-refractivity contribution in [1.29, 1.82) is 5.26 Å². The van der Waals surface area contributed by atoms with E-state index in [0.717, 1.165) is 5.56 Å². The summed E-state index contributed by atoms with van der Waals surface area (Å²) >= 11 is 0. The summed E-state index contributed by atoms with van der Waals surface area (Å²) in [4.78, 5) is 16.3. The van der Waals surface area contributed by atoms with Crippen LogP contribution in [0.1, 0.15) is 27.5 Å². The number of aromatic nitrogens is 1. The largest absolute Gasteiger partial charge is 0.292 e. The van der Waals surface area contributed by atoms with E-state index >= 15 is 0 Å². The molecule has 0 radical (unpaired) electrons. The molecule has 88 valence electrons. The number of ketones is 1. The van der Waals surface area contributed by atoms with E-state index in [0.29, 0.717) is 11.3 Å². The van der Waals surface area contributed by atoms with Gasteiger partial charge >= 0.3 is 0 Å². The van der Waals surface area contributed by atoms with Gasteiger partial charge in [-0.15, -0.1) is 0 Å². The third-order valence-electron chi connectivity index (χ3n) is 2.71. The van der Waals surface area contributed by atoms with Crippen molar-refractivity contribution in [3.8, 4) is 6.07 Å². The Labute approximate surface area is 106 Å². The molecule has 0 aliphatic carbocycles. The highest BCUT2D eigenvalue weighted by Crippen LogP contribution is 2.18. The number of nitrogens with zero attached hydrogens (tertiary/aromatic N) is 2. The second kappa shape index (κ2) is 5.24. The van der Waals surface area contributed by atoms with Gasteiger partial charge in [0, 0.05) is 11.8 Å². The van der Waals surface area contributed by atoms with E-state index in [9.17, 15) is 4.79 Å². The molecule has 2 rings (SSSR count). The molecule has 0 saturated carbocycles.